The van der Waals surface area contributed by atoms with Gasteiger partial charge >= 0.3 is 0 Å². The van der Waals surface area contributed by atoms with Crippen molar-refractivity contribution in [3.63, 3.8) is 0 Å². The molecule has 0 aliphatic carbocycles. The molecule has 0 rings (SSSR count). The molecule has 0 aliphatic rings. The highest BCUT2D eigenvalue weighted by Crippen LogP contribution is 2.17. The SMILES string of the molecule is CCCCCCCCC/C=C/CC/C=C/CC/C=C/C(O)C(CO)NC(=O)CCCCCCCCCCCCCCCCCCC/C=C\C/C=C\CCCCCCCCCCCCCCCCC. The van der Waals surface area contributed by atoms with Crippen LogP contribution in [-0.4, -0.2) is 34.9 Å². The summed E-state index contributed by atoms with van der Waals surface area (Å²) in [4.78, 5) is 12.5. The molecular weight excluding hydrogens is 831 g/mol. The second kappa shape index (κ2) is 59.4. The Morgan fingerprint density at radius 3 is 0.941 bits per heavy atom. The van der Waals surface area contributed by atoms with Gasteiger partial charge in [0.2, 0.25) is 5.91 Å². The van der Waals surface area contributed by atoms with E-state index in [4.69, 9.17) is 0 Å². The van der Waals surface area contributed by atoms with Crippen LogP contribution in [0.3, 0.4) is 0 Å². The molecule has 4 heteroatoms. The predicted molar refractivity (Wildman–Crippen MR) is 304 cm³/mol. The Balaban J connectivity index is 3.46. The van der Waals surface area contributed by atoms with Crippen LogP contribution in [0, 0.1) is 0 Å². The maximum Gasteiger partial charge on any atom is 0.220 e. The minimum Gasteiger partial charge on any atom is -0.394 e. The second-order valence-corrected chi connectivity index (χ2v) is 20.7. The van der Waals surface area contributed by atoms with Gasteiger partial charge in [-0.2, -0.15) is 0 Å². The normalized spacial score (nSPS) is 13.2. The van der Waals surface area contributed by atoms with Crippen molar-refractivity contribution >= 4 is 5.91 Å². The van der Waals surface area contributed by atoms with Crippen LogP contribution in [0.1, 0.15) is 322 Å². The van der Waals surface area contributed by atoms with Crippen LogP contribution in [0.15, 0.2) is 60.8 Å². The van der Waals surface area contributed by atoms with Crippen LogP contribution < -0.4 is 5.32 Å². The van der Waals surface area contributed by atoms with Gasteiger partial charge in [-0.1, -0.05) is 299 Å². The first kappa shape index (κ1) is 66.1. The average Bonchev–Trinajstić information content (AvgIpc) is 3.34. The van der Waals surface area contributed by atoms with E-state index in [1.54, 1.807) is 6.08 Å². The molecule has 0 aromatic heterocycles. The Kier molecular flexibility index (Phi) is 57.7. The fourth-order valence-electron chi connectivity index (χ4n) is 9.30. The molecule has 68 heavy (non-hydrogen) atoms. The van der Waals surface area contributed by atoms with Gasteiger partial charge in [0.25, 0.3) is 0 Å². The van der Waals surface area contributed by atoms with Crippen LogP contribution in [-0.2, 0) is 4.79 Å². The lowest BCUT2D eigenvalue weighted by molar-refractivity contribution is -0.123. The molecule has 0 aromatic rings. The molecule has 3 N–H and O–H groups in total. The van der Waals surface area contributed by atoms with E-state index in [1.165, 1.54) is 257 Å². The fraction of sp³-hybridized carbons (Fsp3) is 0.828. The molecule has 0 aromatic carbocycles. The second-order valence-electron chi connectivity index (χ2n) is 20.7. The molecule has 0 saturated carbocycles. The summed E-state index contributed by atoms with van der Waals surface area (Å²) in [5, 5.41) is 23.1. The molecule has 0 spiro atoms. The molecule has 0 fully saturated rings. The van der Waals surface area contributed by atoms with Crippen LogP contribution >= 0.6 is 0 Å². The van der Waals surface area contributed by atoms with Gasteiger partial charge in [0, 0.05) is 6.42 Å². The predicted octanol–water partition coefficient (Wildman–Crippen LogP) is 20.4. The maximum atomic E-state index is 12.5. The molecule has 0 heterocycles. The standard InChI is InChI=1S/C64H119NO3/c1-3-5-7-9-11-13-15-17-19-21-22-23-24-25-26-27-28-29-30-31-32-33-34-35-36-37-38-39-40-41-42-44-46-48-50-52-54-56-58-60-64(68)65-62(61-66)63(67)59-57-55-53-51-49-47-45-43-20-18-16-14-12-10-8-6-4-2/h20,28-29,31-32,43,49,51,57,59,62-63,66-67H,3-19,21-27,30,33-42,44-48,50,52-56,58,60-61H2,1-2H3,(H,65,68)/b29-28-,32-31-,43-20+,51-49+,59-57+. The van der Waals surface area contributed by atoms with Crippen molar-refractivity contribution in [2.75, 3.05) is 6.61 Å². The van der Waals surface area contributed by atoms with Gasteiger partial charge < -0.3 is 15.5 Å². The van der Waals surface area contributed by atoms with E-state index in [9.17, 15) is 15.0 Å². The third-order valence-corrected chi connectivity index (χ3v) is 14.0. The van der Waals surface area contributed by atoms with Crippen molar-refractivity contribution in [3.8, 4) is 0 Å². The summed E-state index contributed by atoms with van der Waals surface area (Å²) in [5.74, 6) is -0.0757. The lowest BCUT2D eigenvalue weighted by Crippen LogP contribution is -2.45. The van der Waals surface area contributed by atoms with Crippen molar-refractivity contribution < 1.29 is 15.0 Å². The van der Waals surface area contributed by atoms with Crippen LogP contribution in [0.5, 0.6) is 0 Å². The van der Waals surface area contributed by atoms with Crippen LogP contribution in [0.25, 0.3) is 0 Å². The summed E-state index contributed by atoms with van der Waals surface area (Å²) in [6.07, 6.45) is 84.2. The number of carbonyl (C=O) groups excluding carboxylic acids is 1. The van der Waals surface area contributed by atoms with Crippen LogP contribution in [0.4, 0.5) is 0 Å². The quantitative estimate of drug-likeness (QED) is 0.0420. The van der Waals surface area contributed by atoms with E-state index < -0.39 is 12.1 Å². The largest absolute Gasteiger partial charge is 0.394 e. The summed E-state index contributed by atoms with van der Waals surface area (Å²) < 4.78 is 0. The van der Waals surface area contributed by atoms with Crippen molar-refractivity contribution in [3.05, 3.63) is 60.8 Å². The molecule has 0 aliphatic heterocycles. The topological polar surface area (TPSA) is 69.6 Å². The van der Waals surface area contributed by atoms with E-state index in [0.717, 1.165) is 44.9 Å². The Bertz CT molecular complexity index is 1120. The first-order valence-corrected chi connectivity index (χ1v) is 30.5. The zero-order chi connectivity index (χ0) is 49.2. The third-order valence-electron chi connectivity index (χ3n) is 14.0. The number of hydrogen-bond donors (Lipinski definition) is 3. The molecule has 0 bridgehead atoms. The van der Waals surface area contributed by atoms with E-state index in [2.05, 4.69) is 67.8 Å². The molecule has 2 atom stereocenters. The minimum atomic E-state index is -0.872. The molecule has 2 unspecified atom stereocenters. The van der Waals surface area contributed by atoms with Crippen molar-refractivity contribution in [1.29, 1.82) is 0 Å². The monoisotopic (exact) mass is 950 g/mol. The number of carbonyl (C=O) groups is 1. The number of hydrogen-bond acceptors (Lipinski definition) is 3. The Hall–Kier alpha value is -1.91. The highest BCUT2D eigenvalue weighted by atomic mass is 16.3. The zero-order valence-electron chi connectivity index (χ0n) is 45.9. The van der Waals surface area contributed by atoms with Crippen molar-refractivity contribution in [2.24, 2.45) is 0 Å². The molecule has 4 nitrogen and oxygen atoms in total. The fourth-order valence-corrected chi connectivity index (χ4v) is 9.30. The summed E-state index contributed by atoms with van der Waals surface area (Å²) in [7, 11) is 0. The van der Waals surface area contributed by atoms with E-state index in [-0.39, 0.29) is 12.5 Å². The lowest BCUT2D eigenvalue weighted by Gasteiger charge is -2.19. The maximum absolute atomic E-state index is 12.5. The van der Waals surface area contributed by atoms with E-state index >= 15 is 0 Å². The Morgan fingerprint density at radius 2 is 0.618 bits per heavy atom. The summed E-state index contributed by atoms with van der Waals surface area (Å²) in [6.45, 7) is 4.31. The average molecular weight is 951 g/mol. The van der Waals surface area contributed by atoms with Crippen molar-refractivity contribution in [1.82, 2.24) is 5.32 Å². The van der Waals surface area contributed by atoms with Crippen LogP contribution in [0.2, 0.25) is 0 Å². The molecule has 0 radical (unpaired) electrons. The number of aliphatic hydroxyl groups excluding tert-OH is 2. The number of nitrogens with one attached hydrogen (secondary N) is 1. The summed E-state index contributed by atoms with van der Waals surface area (Å²) in [6, 6.07) is -0.647. The number of unbranched alkanes of at least 4 members (excludes halogenated alkanes) is 41. The molecular formula is C64H119NO3. The van der Waals surface area contributed by atoms with E-state index in [0.29, 0.717) is 6.42 Å². The smallest absolute Gasteiger partial charge is 0.220 e. The molecule has 0 saturated heterocycles. The Morgan fingerprint density at radius 1 is 0.353 bits per heavy atom. The van der Waals surface area contributed by atoms with Gasteiger partial charge in [-0.05, 0) is 77.0 Å². The molecule has 398 valence electrons. The van der Waals surface area contributed by atoms with Gasteiger partial charge in [-0.3, -0.25) is 4.79 Å². The number of amides is 1. The Labute approximate surface area is 426 Å². The van der Waals surface area contributed by atoms with E-state index in [1.807, 2.05) is 6.08 Å². The van der Waals surface area contributed by atoms with Gasteiger partial charge in [-0.15, -0.1) is 0 Å². The third kappa shape index (κ3) is 55.0. The first-order chi connectivity index (χ1) is 33.7. The zero-order valence-corrected chi connectivity index (χ0v) is 45.9. The highest BCUT2D eigenvalue weighted by Gasteiger charge is 2.18. The first-order valence-electron chi connectivity index (χ1n) is 30.5. The number of aliphatic hydroxyl groups is 2. The lowest BCUT2D eigenvalue weighted by atomic mass is 10.0. The number of allylic oxidation sites excluding steroid dienone is 9. The van der Waals surface area contributed by atoms with Gasteiger partial charge in [0.15, 0.2) is 0 Å². The highest BCUT2D eigenvalue weighted by molar-refractivity contribution is 5.76. The van der Waals surface area contributed by atoms with Gasteiger partial charge in [-0.25, -0.2) is 0 Å². The summed E-state index contributed by atoms with van der Waals surface area (Å²) >= 11 is 0. The van der Waals surface area contributed by atoms with Gasteiger partial charge in [0.1, 0.15) is 0 Å². The summed E-state index contributed by atoms with van der Waals surface area (Å²) in [5.41, 5.74) is 0. The minimum absolute atomic E-state index is 0.0757. The number of rotatable bonds is 56. The van der Waals surface area contributed by atoms with Gasteiger partial charge in [0.05, 0.1) is 18.8 Å². The van der Waals surface area contributed by atoms with Crippen molar-refractivity contribution in [2.45, 2.75) is 334 Å². The molecule has 1 amide bonds.